The fourth-order valence-corrected chi connectivity index (χ4v) is 7.09. The van der Waals surface area contributed by atoms with E-state index in [-0.39, 0.29) is 42.7 Å². The third-order valence-corrected chi connectivity index (χ3v) is 10.8. The number of carbonyl (C=O) groups excluding carboxylic acids is 3. The minimum Gasteiger partial charge on any atom is -0.544 e. The number of carboxylic acids is 1. The molecule has 0 radical (unpaired) electrons. The SMILES string of the molecule is CC/C=C/C/C=C/C/C=C/CCCCCCCCC(=O)OCC(COCCC(C(=O)[O-])[N+](C)(C)C)OC(=O)CCCCCCCCCCCCCCCCCCCC. The highest BCUT2D eigenvalue weighted by Gasteiger charge is 2.25. The number of quaternary nitrogens is 1. The molecular weight excluding hydrogens is 727 g/mol. The summed E-state index contributed by atoms with van der Waals surface area (Å²) in [5.74, 6) is -1.74. The van der Waals surface area contributed by atoms with Crippen LogP contribution in [-0.2, 0) is 28.6 Å². The molecule has 2 unspecified atom stereocenters. The standard InChI is InChI=1S/C50H91NO7/c1-6-8-10-12-14-16-18-20-22-24-25-27-29-31-33-35-37-39-41-49(53)58-46(44-56-43-42-47(50(54)55)51(3,4)5)45-57-48(52)40-38-36-34-32-30-28-26-23-21-19-17-15-13-11-9-7-2/h9,11,15,17,21,23,46-47H,6-8,10,12-14,16,18-20,22,24-45H2,1-5H3/b11-9+,17-15+,23-21+. The zero-order chi connectivity index (χ0) is 42.8. The van der Waals surface area contributed by atoms with Gasteiger partial charge in [0.05, 0.1) is 40.3 Å². The number of rotatable bonds is 43. The van der Waals surface area contributed by atoms with Gasteiger partial charge in [-0.2, -0.15) is 0 Å². The van der Waals surface area contributed by atoms with E-state index < -0.39 is 18.1 Å². The van der Waals surface area contributed by atoms with E-state index in [1.165, 1.54) is 109 Å². The van der Waals surface area contributed by atoms with Crippen LogP contribution >= 0.6 is 0 Å². The Bertz CT molecular complexity index is 1050. The van der Waals surface area contributed by atoms with Crippen LogP contribution in [0, 0.1) is 0 Å². The fourth-order valence-electron chi connectivity index (χ4n) is 7.09. The van der Waals surface area contributed by atoms with E-state index in [2.05, 4.69) is 50.3 Å². The van der Waals surface area contributed by atoms with E-state index in [0.29, 0.717) is 12.8 Å². The predicted molar refractivity (Wildman–Crippen MR) is 240 cm³/mol. The Morgan fingerprint density at radius 3 is 1.43 bits per heavy atom. The molecule has 2 atom stereocenters. The molecule has 0 aromatic heterocycles. The van der Waals surface area contributed by atoms with Crippen molar-refractivity contribution in [3.05, 3.63) is 36.5 Å². The third kappa shape index (κ3) is 39.0. The number of hydrogen-bond donors (Lipinski definition) is 0. The smallest absolute Gasteiger partial charge is 0.306 e. The maximum absolute atomic E-state index is 12.8. The molecule has 0 bridgehead atoms. The van der Waals surface area contributed by atoms with Gasteiger partial charge in [0.1, 0.15) is 12.6 Å². The lowest BCUT2D eigenvalue weighted by Gasteiger charge is -2.34. The summed E-state index contributed by atoms with van der Waals surface area (Å²) >= 11 is 0. The minimum absolute atomic E-state index is 0.0393. The molecule has 0 aromatic rings. The molecule has 8 nitrogen and oxygen atoms in total. The summed E-state index contributed by atoms with van der Waals surface area (Å²) in [6, 6.07) is -0.726. The summed E-state index contributed by atoms with van der Waals surface area (Å²) in [5, 5.41) is 11.6. The Balaban J connectivity index is 4.28. The van der Waals surface area contributed by atoms with Gasteiger partial charge < -0.3 is 28.6 Å². The molecule has 8 heteroatoms. The Morgan fingerprint density at radius 2 is 0.966 bits per heavy atom. The number of likely N-dealkylation sites (N-methyl/N-ethyl adjacent to an activating group) is 1. The number of allylic oxidation sites excluding steroid dienone is 6. The van der Waals surface area contributed by atoms with Crippen LogP contribution in [0.5, 0.6) is 0 Å². The van der Waals surface area contributed by atoms with Crippen LogP contribution in [-0.4, -0.2) is 75.5 Å². The summed E-state index contributed by atoms with van der Waals surface area (Å²) in [6.07, 6.45) is 47.4. The average molecular weight is 818 g/mol. The van der Waals surface area contributed by atoms with Gasteiger partial charge in [0.15, 0.2) is 6.10 Å². The molecule has 0 fully saturated rings. The third-order valence-electron chi connectivity index (χ3n) is 10.8. The Morgan fingerprint density at radius 1 is 0.534 bits per heavy atom. The molecule has 0 N–H and O–H groups in total. The van der Waals surface area contributed by atoms with Crippen molar-refractivity contribution in [2.45, 2.75) is 225 Å². The van der Waals surface area contributed by atoms with E-state index in [4.69, 9.17) is 14.2 Å². The van der Waals surface area contributed by atoms with Gasteiger partial charge >= 0.3 is 11.9 Å². The Kier molecular flexibility index (Phi) is 39.5. The van der Waals surface area contributed by atoms with E-state index in [0.717, 1.165) is 70.6 Å². The van der Waals surface area contributed by atoms with Gasteiger partial charge in [0, 0.05) is 19.3 Å². The van der Waals surface area contributed by atoms with Crippen molar-refractivity contribution < 1.29 is 38.2 Å². The highest BCUT2D eigenvalue weighted by atomic mass is 16.6. The van der Waals surface area contributed by atoms with Crippen LogP contribution in [0.1, 0.15) is 213 Å². The molecule has 0 rings (SSSR count). The highest BCUT2D eigenvalue weighted by molar-refractivity contribution is 5.70. The zero-order valence-corrected chi connectivity index (χ0v) is 38.5. The number of nitrogens with zero attached hydrogens (tertiary/aromatic N) is 1. The maximum atomic E-state index is 12.8. The minimum atomic E-state index is -1.13. The van der Waals surface area contributed by atoms with Crippen LogP contribution in [0.4, 0.5) is 0 Å². The van der Waals surface area contributed by atoms with Gasteiger partial charge in [0.25, 0.3) is 0 Å². The largest absolute Gasteiger partial charge is 0.544 e. The summed E-state index contributed by atoms with van der Waals surface area (Å²) in [5.41, 5.74) is 0. The second kappa shape index (κ2) is 41.3. The lowest BCUT2D eigenvalue weighted by atomic mass is 10.0. The summed E-state index contributed by atoms with van der Waals surface area (Å²) < 4.78 is 17.2. The number of hydrogen-bond acceptors (Lipinski definition) is 7. The summed E-state index contributed by atoms with van der Waals surface area (Å²) in [4.78, 5) is 36.9. The molecule has 0 saturated heterocycles. The van der Waals surface area contributed by atoms with Crippen LogP contribution in [0.3, 0.4) is 0 Å². The van der Waals surface area contributed by atoms with Gasteiger partial charge in [-0.1, -0.05) is 185 Å². The van der Waals surface area contributed by atoms with Crippen LogP contribution < -0.4 is 5.11 Å². The number of unbranched alkanes of at least 4 members (excludes halogenated alkanes) is 23. The van der Waals surface area contributed by atoms with E-state index in [1.54, 1.807) is 21.1 Å². The number of carboxylic acid groups (broad SMARTS) is 1. The molecule has 0 aliphatic heterocycles. The lowest BCUT2D eigenvalue weighted by molar-refractivity contribution is -0.889. The molecule has 0 spiro atoms. The van der Waals surface area contributed by atoms with E-state index in [9.17, 15) is 19.5 Å². The van der Waals surface area contributed by atoms with Crippen LogP contribution in [0.15, 0.2) is 36.5 Å². The molecule has 0 aromatic carbocycles. The molecule has 0 aliphatic carbocycles. The molecule has 0 amide bonds. The van der Waals surface area contributed by atoms with Gasteiger partial charge in [-0.25, -0.2) is 0 Å². The monoisotopic (exact) mass is 818 g/mol. The van der Waals surface area contributed by atoms with E-state index >= 15 is 0 Å². The van der Waals surface area contributed by atoms with E-state index in [1.807, 2.05) is 0 Å². The first-order valence-corrected chi connectivity index (χ1v) is 24.0. The predicted octanol–water partition coefficient (Wildman–Crippen LogP) is 12.1. The Hall–Kier alpha value is -2.45. The van der Waals surface area contributed by atoms with Crippen molar-refractivity contribution >= 4 is 17.9 Å². The first-order chi connectivity index (χ1) is 28.1. The average Bonchev–Trinajstić information content (AvgIpc) is 3.18. The number of aliphatic carboxylic acids is 1. The molecule has 0 aliphatic rings. The van der Waals surface area contributed by atoms with Crippen molar-refractivity contribution in [1.82, 2.24) is 0 Å². The fraction of sp³-hybridized carbons (Fsp3) is 0.820. The zero-order valence-electron chi connectivity index (χ0n) is 38.5. The van der Waals surface area contributed by atoms with Gasteiger partial charge in [-0.15, -0.1) is 0 Å². The first-order valence-electron chi connectivity index (χ1n) is 24.0. The number of esters is 2. The Labute approximate surface area is 357 Å². The van der Waals surface area contributed by atoms with Crippen molar-refractivity contribution in [3.63, 3.8) is 0 Å². The normalized spacial score (nSPS) is 13.2. The van der Waals surface area contributed by atoms with Crippen molar-refractivity contribution in [2.75, 3.05) is 41.0 Å². The first kappa shape index (κ1) is 55.5. The molecule has 338 valence electrons. The second-order valence-electron chi connectivity index (χ2n) is 17.3. The van der Waals surface area contributed by atoms with Crippen LogP contribution in [0.2, 0.25) is 0 Å². The molecule has 58 heavy (non-hydrogen) atoms. The maximum Gasteiger partial charge on any atom is 0.306 e. The topological polar surface area (TPSA) is 102 Å². The van der Waals surface area contributed by atoms with Crippen LogP contribution in [0.25, 0.3) is 0 Å². The number of carbonyl (C=O) groups is 3. The lowest BCUT2D eigenvalue weighted by Crippen LogP contribution is -2.55. The van der Waals surface area contributed by atoms with Gasteiger partial charge in [-0.3, -0.25) is 9.59 Å². The van der Waals surface area contributed by atoms with Gasteiger partial charge in [-0.05, 0) is 44.9 Å². The highest BCUT2D eigenvalue weighted by Crippen LogP contribution is 2.16. The van der Waals surface area contributed by atoms with Crippen molar-refractivity contribution in [2.24, 2.45) is 0 Å². The quantitative estimate of drug-likeness (QED) is 0.0261. The van der Waals surface area contributed by atoms with Crippen molar-refractivity contribution in [3.8, 4) is 0 Å². The molecule has 0 heterocycles. The van der Waals surface area contributed by atoms with Gasteiger partial charge in [0.2, 0.25) is 0 Å². The number of ether oxygens (including phenoxy) is 3. The second-order valence-corrected chi connectivity index (χ2v) is 17.3. The summed E-state index contributed by atoms with van der Waals surface area (Å²) in [7, 11) is 5.41. The molecular formula is C50H91NO7. The summed E-state index contributed by atoms with van der Waals surface area (Å²) in [6.45, 7) is 4.56. The molecule has 0 saturated carbocycles. The van der Waals surface area contributed by atoms with Crippen molar-refractivity contribution in [1.29, 1.82) is 0 Å².